The van der Waals surface area contributed by atoms with Crippen molar-refractivity contribution >= 4 is 22.6 Å². The molecule has 0 amide bonds. The first-order valence-electron chi connectivity index (χ1n) is 9.56. The Hall–Kier alpha value is -4.43. The number of hydrogen-bond donors (Lipinski definition) is 1. The van der Waals surface area contributed by atoms with Gasteiger partial charge in [-0.1, -0.05) is 12.1 Å². The third kappa shape index (κ3) is 4.14. The molecule has 0 aliphatic heterocycles. The predicted octanol–water partition coefficient (Wildman–Crippen LogP) is 4.90. The van der Waals surface area contributed by atoms with Crippen molar-refractivity contribution in [2.75, 3.05) is 5.32 Å². The Morgan fingerprint density at radius 3 is 2.58 bits per heavy atom. The lowest BCUT2D eigenvalue weighted by Gasteiger charge is -2.12. The highest BCUT2D eigenvalue weighted by Crippen LogP contribution is 2.36. The van der Waals surface area contributed by atoms with E-state index in [0.29, 0.717) is 23.7 Å². The zero-order valence-corrected chi connectivity index (χ0v) is 17.0. The Labute approximate surface area is 178 Å². The van der Waals surface area contributed by atoms with Crippen LogP contribution in [0.2, 0.25) is 0 Å². The molecule has 0 atom stereocenters. The molecule has 0 bridgehead atoms. The molecule has 2 aromatic heterocycles. The van der Waals surface area contributed by atoms with Gasteiger partial charge in [-0.05, 0) is 43.2 Å². The van der Waals surface area contributed by atoms with Crippen molar-refractivity contribution in [1.29, 1.82) is 10.5 Å². The maximum atomic E-state index is 9.00. The van der Waals surface area contributed by atoms with E-state index in [0.717, 1.165) is 33.3 Å². The third-order valence-corrected chi connectivity index (χ3v) is 4.82. The Balaban J connectivity index is 1.58. The van der Waals surface area contributed by atoms with E-state index in [4.69, 9.17) is 19.7 Å². The van der Waals surface area contributed by atoms with Crippen LogP contribution in [0.15, 0.2) is 47.3 Å². The Morgan fingerprint density at radius 2 is 1.84 bits per heavy atom. The lowest BCUT2D eigenvalue weighted by atomic mass is 10.0. The van der Waals surface area contributed by atoms with Gasteiger partial charge < -0.3 is 14.5 Å². The molecular formula is C23H18N6O2. The van der Waals surface area contributed by atoms with Gasteiger partial charge in [0, 0.05) is 22.2 Å². The fraction of sp³-hybridized carbons (Fsp3) is 0.174. The van der Waals surface area contributed by atoms with Gasteiger partial charge in [-0.3, -0.25) is 0 Å². The molecular weight excluding hydrogens is 392 g/mol. The standard InChI is InChI=1S/C23H18N6O2/c1-14-11-19-17(8-10-25)12-30-21(19)15(2)20(14)31-23-27-13-26-22(29-23)28-18-5-3-16(4-6-18)7-9-24/h3-6,11-13H,7-8H2,1-2H3,(H,26,27,28,29). The monoisotopic (exact) mass is 410 g/mol. The fourth-order valence-corrected chi connectivity index (χ4v) is 3.32. The third-order valence-electron chi connectivity index (χ3n) is 4.82. The first-order valence-corrected chi connectivity index (χ1v) is 9.56. The van der Waals surface area contributed by atoms with E-state index in [1.54, 1.807) is 6.26 Å². The molecule has 1 N–H and O–H groups in total. The molecule has 0 radical (unpaired) electrons. The van der Waals surface area contributed by atoms with Crippen molar-refractivity contribution in [2.45, 2.75) is 26.7 Å². The second-order valence-corrected chi connectivity index (χ2v) is 6.97. The molecule has 8 nitrogen and oxygen atoms in total. The van der Waals surface area contributed by atoms with Crippen molar-refractivity contribution < 1.29 is 9.15 Å². The van der Waals surface area contributed by atoms with Crippen LogP contribution in [0.1, 0.15) is 22.3 Å². The van der Waals surface area contributed by atoms with E-state index in [-0.39, 0.29) is 12.4 Å². The van der Waals surface area contributed by atoms with Crippen LogP contribution >= 0.6 is 0 Å². The number of furan rings is 1. The number of nitrogens with one attached hydrogen (secondary N) is 1. The average Bonchev–Trinajstić information content (AvgIpc) is 3.16. The van der Waals surface area contributed by atoms with Gasteiger partial charge in [0.2, 0.25) is 5.95 Å². The molecule has 0 aliphatic rings. The molecule has 0 aliphatic carbocycles. The van der Waals surface area contributed by atoms with Gasteiger partial charge in [0.25, 0.3) is 0 Å². The number of aromatic nitrogens is 3. The van der Waals surface area contributed by atoms with E-state index in [2.05, 4.69) is 32.4 Å². The molecule has 152 valence electrons. The molecule has 0 fully saturated rings. The maximum Gasteiger partial charge on any atom is 0.326 e. The van der Waals surface area contributed by atoms with Crippen LogP contribution in [-0.4, -0.2) is 15.0 Å². The number of hydrogen-bond acceptors (Lipinski definition) is 8. The normalized spacial score (nSPS) is 10.5. The molecule has 4 aromatic rings. The number of nitrogens with zero attached hydrogens (tertiary/aromatic N) is 5. The van der Waals surface area contributed by atoms with E-state index in [1.165, 1.54) is 6.33 Å². The minimum atomic E-state index is 0.146. The number of benzene rings is 2. The van der Waals surface area contributed by atoms with Crippen LogP contribution in [0.25, 0.3) is 11.0 Å². The van der Waals surface area contributed by atoms with Crippen molar-refractivity contribution in [3.05, 3.63) is 65.2 Å². The van der Waals surface area contributed by atoms with Gasteiger partial charge in [0.1, 0.15) is 17.7 Å². The maximum absolute atomic E-state index is 9.00. The summed E-state index contributed by atoms with van der Waals surface area (Å²) in [6.07, 6.45) is 3.62. The smallest absolute Gasteiger partial charge is 0.326 e. The summed E-state index contributed by atoms with van der Waals surface area (Å²) in [5.74, 6) is 0.937. The molecule has 0 unspecified atom stereocenters. The largest absolute Gasteiger partial charge is 0.464 e. The summed E-state index contributed by atoms with van der Waals surface area (Å²) in [7, 11) is 0. The van der Waals surface area contributed by atoms with E-state index < -0.39 is 0 Å². The summed E-state index contributed by atoms with van der Waals surface area (Å²) in [6.45, 7) is 3.82. The van der Waals surface area contributed by atoms with Gasteiger partial charge >= 0.3 is 6.01 Å². The van der Waals surface area contributed by atoms with Crippen LogP contribution < -0.4 is 10.1 Å². The molecule has 4 rings (SSSR count). The minimum Gasteiger partial charge on any atom is -0.464 e. The van der Waals surface area contributed by atoms with Crippen molar-refractivity contribution in [3.63, 3.8) is 0 Å². The highest BCUT2D eigenvalue weighted by Gasteiger charge is 2.17. The molecule has 0 saturated heterocycles. The highest BCUT2D eigenvalue weighted by molar-refractivity contribution is 5.87. The van der Waals surface area contributed by atoms with Gasteiger partial charge in [-0.15, -0.1) is 0 Å². The molecule has 31 heavy (non-hydrogen) atoms. The summed E-state index contributed by atoms with van der Waals surface area (Å²) in [6, 6.07) is 13.8. The van der Waals surface area contributed by atoms with Crippen molar-refractivity contribution in [1.82, 2.24) is 15.0 Å². The highest BCUT2D eigenvalue weighted by atomic mass is 16.5. The Morgan fingerprint density at radius 1 is 1.06 bits per heavy atom. The second-order valence-electron chi connectivity index (χ2n) is 6.97. The van der Waals surface area contributed by atoms with Crippen molar-refractivity contribution in [2.24, 2.45) is 0 Å². The topological polar surface area (TPSA) is 121 Å². The quantitative estimate of drug-likeness (QED) is 0.476. The zero-order chi connectivity index (χ0) is 21.8. The molecule has 0 saturated carbocycles. The number of nitriles is 2. The first kappa shape index (κ1) is 19.9. The summed E-state index contributed by atoms with van der Waals surface area (Å²) >= 11 is 0. The molecule has 2 aromatic carbocycles. The Kier molecular flexibility index (Phi) is 5.46. The lowest BCUT2D eigenvalue weighted by Crippen LogP contribution is -2.01. The SMILES string of the molecule is Cc1cc2c(CC#N)coc2c(C)c1Oc1ncnc(Nc2ccc(CC#N)cc2)n1. The minimum absolute atomic E-state index is 0.146. The number of anilines is 2. The van der Waals surface area contributed by atoms with E-state index in [9.17, 15) is 0 Å². The van der Waals surface area contributed by atoms with Crippen LogP contribution in [0.5, 0.6) is 11.8 Å². The van der Waals surface area contributed by atoms with Gasteiger partial charge in [0.05, 0.1) is 31.2 Å². The number of aryl methyl sites for hydroxylation is 2. The van der Waals surface area contributed by atoms with E-state index in [1.807, 2.05) is 44.2 Å². The summed E-state index contributed by atoms with van der Waals surface area (Å²) in [4.78, 5) is 12.6. The van der Waals surface area contributed by atoms with Crippen molar-refractivity contribution in [3.8, 4) is 23.9 Å². The molecule has 0 spiro atoms. The predicted molar refractivity (Wildman–Crippen MR) is 114 cm³/mol. The van der Waals surface area contributed by atoms with Crippen LogP contribution in [0.3, 0.4) is 0 Å². The lowest BCUT2D eigenvalue weighted by molar-refractivity contribution is 0.433. The van der Waals surface area contributed by atoms with Gasteiger partial charge in [-0.25, -0.2) is 4.98 Å². The molecule has 8 heteroatoms. The number of rotatable bonds is 6. The van der Waals surface area contributed by atoms with E-state index >= 15 is 0 Å². The summed E-state index contributed by atoms with van der Waals surface area (Å²) < 4.78 is 11.7. The molecule has 2 heterocycles. The Bertz CT molecular complexity index is 1330. The van der Waals surface area contributed by atoms with Gasteiger partial charge in [0.15, 0.2) is 0 Å². The van der Waals surface area contributed by atoms with Crippen LogP contribution in [0, 0.1) is 36.5 Å². The summed E-state index contributed by atoms with van der Waals surface area (Å²) in [5.41, 5.74) is 4.94. The van der Waals surface area contributed by atoms with Gasteiger partial charge in [-0.2, -0.15) is 20.5 Å². The number of fused-ring (bicyclic) bond motifs is 1. The number of ether oxygens (including phenoxy) is 1. The van der Waals surface area contributed by atoms with Crippen LogP contribution in [-0.2, 0) is 12.8 Å². The summed E-state index contributed by atoms with van der Waals surface area (Å²) in [5, 5.41) is 21.8. The fourth-order valence-electron chi connectivity index (χ4n) is 3.32. The zero-order valence-electron chi connectivity index (χ0n) is 17.0. The average molecular weight is 410 g/mol. The second kappa shape index (κ2) is 8.52. The first-order chi connectivity index (χ1) is 15.1. The van der Waals surface area contributed by atoms with Crippen LogP contribution in [0.4, 0.5) is 11.6 Å².